The molecule has 0 aliphatic rings. The van der Waals surface area contributed by atoms with E-state index in [2.05, 4.69) is 5.32 Å². The van der Waals surface area contributed by atoms with E-state index in [1.54, 1.807) is 13.0 Å². The molecule has 5 N–H and O–H groups in total. The highest BCUT2D eigenvalue weighted by Crippen LogP contribution is 2.20. The lowest BCUT2D eigenvalue weighted by Gasteiger charge is -2.11. The van der Waals surface area contributed by atoms with Crippen LogP contribution >= 0.6 is 11.6 Å². The fraction of sp³-hybridized carbons (Fsp3) is 0.455. The molecule has 1 unspecified atom stereocenters. The largest absolute Gasteiger partial charge is 0.329 e. The SMILES string of the molecule is Cc1cc(Cl)c(CNCC(N)CN)cc1F. The van der Waals surface area contributed by atoms with Gasteiger partial charge in [0.2, 0.25) is 0 Å². The molecule has 0 bridgehead atoms. The normalized spacial score (nSPS) is 12.8. The first-order chi connectivity index (χ1) is 7.54. The standard InChI is InChI=1S/C11H17ClFN3/c1-7-2-10(12)8(3-11(7)13)5-16-6-9(15)4-14/h2-3,9,16H,4-6,14-15H2,1H3. The molecule has 0 heterocycles. The van der Waals surface area contributed by atoms with Crippen molar-refractivity contribution in [2.75, 3.05) is 13.1 Å². The third-order valence-corrected chi connectivity index (χ3v) is 2.70. The Morgan fingerprint density at radius 3 is 2.81 bits per heavy atom. The van der Waals surface area contributed by atoms with Gasteiger partial charge in [-0.15, -0.1) is 0 Å². The minimum Gasteiger partial charge on any atom is -0.329 e. The van der Waals surface area contributed by atoms with Crippen molar-refractivity contribution in [2.45, 2.75) is 19.5 Å². The summed E-state index contributed by atoms with van der Waals surface area (Å²) in [7, 11) is 0. The number of hydrogen-bond acceptors (Lipinski definition) is 3. The van der Waals surface area contributed by atoms with Gasteiger partial charge in [0.15, 0.2) is 0 Å². The first-order valence-corrected chi connectivity index (χ1v) is 5.53. The van der Waals surface area contributed by atoms with Crippen LogP contribution in [0.4, 0.5) is 4.39 Å². The zero-order valence-corrected chi connectivity index (χ0v) is 10.0. The number of hydrogen-bond donors (Lipinski definition) is 3. The third kappa shape index (κ3) is 3.72. The molecule has 0 aliphatic carbocycles. The van der Waals surface area contributed by atoms with Gasteiger partial charge in [-0.1, -0.05) is 11.6 Å². The fourth-order valence-electron chi connectivity index (χ4n) is 1.30. The van der Waals surface area contributed by atoms with Gasteiger partial charge in [0.25, 0.3) is 0 Å². The summed E-state index contributed by atoms with van der Waals surface area (Å²) in [5.74, 6) is -0.246. The van der Waals surface area contributed by atoms with Crippen LogP contribution in [0.2, 0.25) is 5.02 Å². The summed E-state index contributed by atoms with van der Waals surface area (Å²) in [6.07, 6.45) is 0. The van der Waals surface area contributed by atoms with Crippen molar-refractivity contribution in [2.24, 2.45) is 11.5 Å². The summed E-state index contributed by atoms with van der Waals surface area (Å²) in [6.45, 7) is 3.18. The van der Waals surface area contributed by atoms with Gasteiger partial charge in [-0.2, -0.15) is 0 Å². The topological polar surface area (TPSA) is 64.1 Å². The molecule has 0 fully saturated rings. The molecule has 0 saturated heterocycles. The number of nitrogens with one attached hydrogen (secondary N) is 1. The van der Waals surface area contributed by atoms with Gasteiger partial charge in [-0.3, -0.25) is 0 Å². The van der Waals surface area contributed by atoms with Crippen LogP contribution in [0.3, 0.4) is 0 Å². The average Bonchev–Trinajstić information content (AvgIpc) is 2.25. The number of benzene rings is 1. The van der Waals surface area contributed by atoms with Crippen LogP contribution in [0, 0.1) is 12.7 Å². The Bertz CT molecular complexity index is 357. The molecule has 1 rings (SSSR count). The molecule has 0 amide bonds. The first kappa shape index (κ1) is 13.4. The maximum atomic E-state index is 13.3. The molecule has 0 aromatic heterocycles. The van der Waals surface area contributed by atoms with Crippen LogP contribution in [0.15, 0.2) is 12.1 Å². The molecule has 16 heavy (non-hydrogen) atoms. The molecule has 1 aromatic carbocycles. The Morgan fingerprint density at radius 2 is 2.19 bits per heavy atom. The second-order valence-electron chi connectivity index (χ2n) is 3.82. The Balaban J connectivity index is 2.57. The fourth-order valence-corrected chi connectivity index (χ4v) is 1.58. The summed E-state index contributed by atoms with van der Waals surface area (Å²) < 4.78 is 13.3. The van der Waals surface area contributed by atoms with Crippen molar-refractivity contribution < 1.29 is 4.39 Å². The van der Waals surface area contributed by atoms with E-state index in [0.29, 0.717) is 30.2 Å². The number of rotatable bonds is 5. The van der Waals surface area contributed by atoms with Crippen molar-refractivity contribution >= 4 is 11.6 Å². The van der Waals surface area contributed by atoms with Crippen molar-refractivity contribution in [1.29, 1.82) is 0 Å². The quantitative estimate of drug-likeness (QED) is 0.730. The summed E-state index contributed by atoms with van der Waals surface area (Å²) in [6, 6.07) is 2.98. The van der Waals surface area contributed by atoms with Crippen LogP contribution in [-0.4, -0.2) is 19.1 Å². The number of halogens is 2. The summed E-state index contributed by atoms with van der Waals surface area (Å²) in [5.41, 5.74) is 12.3. The smallest absolute Gasteiger partial charge is 0.126 e. The van der Waals surface area contributed by atoms with Crippen molar-refractivity contribution in [3.8, 4) is 0 Å². The zero-order valence-electron chi connectivity index (χ0n) is 9.26. The predicted molar refractivity (Wildman–Crippen MR) is 64.9 cm³/mol. The molecule has 90 valence electrons. The van der Waals surface area contributed by atoms with Crippen LogP contribution < -0.4 is 16.8 Å². The van der Waals surface area contributed by atoms with E-state index in [1.807, 2.05) is 0 Å². The second kappa shape index (κ2) is 6.15. The molecular formula is C11H17ClFN3. The van der Waals surface area contributed by atoms with Gasteiger partial charge in [-0.05, 0) is 30.2 Å². The lowest BCUT2D eigenvalue weighted by Crippen LogP contribution is -2.39. The average molecular weight is 246 g/mol. The molecule has 0 radical (unpaired) electrons. The number of aryl methyl sites for hydroxylation is 1. The summed E-state index contributed by atoms with van der Waals surface area (Å²) >= 11 is 5.99. The van der Waals surface area contributed by atoms with Gasteiger partial charge < -0.3 is 16.8 Å². The first-order valence-electron chi connectivity index (χ1n) is 5.15. The van der Waals surface area contributed by atoms with E-state index >= 15 is 0 Å². The Kier molecular flexibility index (Phi) is 5.15. The van der Waals surface area contributed by atoms with E-state index in [4.69, 9.17) is 23.1 Å². The molecule has 0 spiro atoms. The Morgan fingerprint density at radius 1 is 1.50 bits per heavy atom. The monoisotopic (exact) mass is 245 g/mol. The van der Waals surface area contributed by atoms with Gasteiger partial charge in [0.05, 0.1) is 0 Å². The number of nitrogens with two attached hydrogens (primary N) is 2. The van der Waals surface area contributed by atoms with Crippen LogP contribution in [-0.2, 0) is 6.54 Å². The van der Waals surface area contributed by atoms with Gasteiger partial charge in [0.1, 0.15) is 5.82 Å². The van der Waals surface area contributed by atoms with Gasteiger partial charge in [0, 0.05) is 30.7 Å². The van der Waals surface area contributed by atoms with E-state index < -0.39 is 0 Å². The molecule has 1 atom stereocenters. The van der Waals surface area contributed by atoms with Crippen LogP contribution in [0.5, 0.6) is 0 Å². The maximum Gasteiger partial charge on any atom is 0.126 e. The minimum atomic E-state index is -0.246. The van der Waals surface area contributed by atoms with Crippen molar-refractivity contribution in [3.05, 3.63) is 34.1 Å². The lowest BCUT2D eigenvalue weighted by atomic mass is 10.1. The maximum absolute atomic E-state index is 13.3. The second-order valence-corrected chi connectivity index (χ2v) is 4.23. The summed E-state index contributed by atoms with van der Waals surface area (Å²) in [5, 5.41) is 3.65. The van der Waals surface area contributed by atoms with Crippen LogP contribution in [0.25, 0.3) is 0 Å². The Labute approximate surface area is 100.0 Å². The minimum absolute atomic E-state index is 0.0888. The van der Waals surface area contributed by atoms with E-state index in [1.165, 1.54) is 6.07 Å². The van der Waals surface area contributed by atoms with E-state index in [9.17, 15) is 4.39 Å². The molecule has 0 aliphatic heterocycles. The lowest BCUT2D eigenvalue weighted by molar-refractivity contribution is 0.576. The molecule has 1 aromatic rings. The molecule has 0 saturated carbocycles. The molecule has 3 nitrogen and oxygen atoms in total. The highest BCUT2D eigenvalue weighted by molar-refractivity contribution is 6.31. The van der Waals surface area contributed by atoms with Crippen molar-refractivity contribution in [1.82, 2.24) is 5.32 Å². The van der Waals surface area contributed by atoms with E-state index in [-0.39, 0.29) is 11.9 Å². The molecule has 5 heteroatoms. The van der Waals surface area contributed by atoms with Gasteiger partial charge in [-0.25, -0.2) is 4.39 Å². The zero-order chi connectivity index (χ0) is 12.1. The van der Waals surface area contributed by atoms with Crippen molar-refractivity contribution in [3.63, 3.8) is 0 Å². The Hall–Kier alpha value is -0.680. The third-order valence-electron chi connectivity index (χ3n) is 2.35. The van der Waals surface area contributed by atoms with Crippen LogP contribution in [0.1, 0.15) is 11.1 Å². The van der Waals surface area contributed by atoms with Gasteiger partial charge >= 0.3 is 0 Å². The highest BCUT2D eigenvalue weighted by Gasteiger charge is 2.06. The summed E-state index contributed by atoms with van der Waals surface area (Å²) in [4.78, 5) is 0. The molecular weight excluding hydrogens is 229 g/mol. The predicted octanol–water partition coefficient (Wildman–Crippen LogP) is 1.16. The van der Waals surface area contributed by atoms with E-state index in [0.717, 1.165) is 5.56 Å². The highest BCUT2D eigenvalue weighted by atomic mass is 35.5.